The number of imide groups is 12. The lowest BCUT2D eigenvalue weighted by Gasteiger charge is -2.36. The molecule has 0 N–H and O–H groups in total. The van der Waals surface area contributed by atoms with Crippen molar-refractivity contribution in [3.05, 3.63) is 194 Å². The molecule has 684 valence electrons. The summed E-state index contributed by atoms with van der Waals surface area (Å²) in [4.78, 5) is 288. The summed E-state index contributed by atoms with van der Waals surface area (Å²) in [6.07, 6.45) is 49.6. The Morgan fingerprint density at radius 3 is 0.682 bits per heavy atom. The normalized spacial score (nSPS) is 26.2. The van der Waals surface area contributed by atoms with Crippen LogP contribution in [-0.4, -0.2) is 232 Å². The van der Waals surface area contributed by atoms with Gasteiger partial charge in [0, 0.05) is 197 Å². The summed E-state index contributed by atoms with van der Waals surface area (Å²) >= 11 is 0. The number of benzene rings is 2. The Balaban J connectivity index is 0.000000131. The first-order valence-corrected chi connectivity index (χ1v) is 44.0. The van der Waals surface area contributed by atoms with Crippen LogP contribution in [0.25, 0.3) is 0 Å². The van der Waals surface area contributed by atoms with Crippen LogP contribution in [0.15, 0.2) is 194 Å². The van der Waals surface area contributed by atoms with Crippen LogP contribution in [0.1, 0.15) is 129 Å². The van der Waals surface area contributed by atoms with E-state index in [2.05, 4.69) is 0 Å². The van der Waals surface area contributed by atoms with Crippen LogP contribution in [0, 0.1) is 47.3 Å². The molecular weight excluding hydrogens is 1710 g/mol. The highest BCUT2D eigenvalue weighted by molar-refractivity contribution is 6.32. The number of hydrogen-bond acceptors (Lipinski definition) is 24. The number of carbonyl (C=O) groups excluding carboxylic acids is 24. The monoisotopic (exact) mass is 1800 g/mol. The first-order valence-electron chi connectivity index (χ1n) is 44.0. The maximum Gasteiger partial charge on any atom is 0.258 e. The van der Waals surface area contributed by atoms with E-state index in [4.69, 9.17) is 0 Å². The van der Waals surface area contributed by atoms with E-state index in [0.29, 0.717) is 99.5 Å². The van der Waals surface area contributed by atoms with Gasteiger partial charge in [-0.2, -0.15) is 0 Å². The van der Waals surface area contributed by atoms with Crippen molar-refractivity contribution in [3.8, 4) is 0 Å². The number of likely N-dealkylation sites (N-methyl/N-ethyl adjacent to an activating group) is 2. The van der Waals surface area contributed by atoms with Crippen LogP contribution in [0.5, 0.6) is 0 Å². The Hall–Kier alpha value is -15.0. The van der Waals surface area contributed by atoms with Gasteiger partial charge in [-0.3, -0.25) is 154 Å². The maximum absolute atomic E-state index is 11.6. The molecule has 2 bridgehead atoms. The molecule has 6 saturated carbocycles. The molecule has 36 heteroatoms. The number of nitrogens with zero attached hydrogens (tertiary/aromatic N) is 12. The van der Waals surface area contributed by atoms with E-state index in [1.807, 2.05) is 0 Å². The molecule has 0 spiro atoms. The van der Waals surface area contributed by atoms with E-state index in [1.54, 1.807) is 70.6 Å². The van der Waals surface area contributed by atoms with Crippen molar-refractivity contribution in [2.24, 2.45) is 47.3 Å². The Kier molecular flexibility index (Phi) is 30.1. The smallest absolute Gasteiger partial charge is 0.258 e. The van der Waals surface area contributed by atoms with Crippen molar-refractivity contribution in [2.75, 3.05) is 58.9 Å². The molecule has 12 aliphatic heterocycles. The molecule has 2 aromatic rings. The molecule has 0 radical (unpaired) electrons. The zero-order chi connectivity index (χ0) is 94.5. The van der Waals surface area contributed by atoms with Crippen molar-refractivity contribution in [2.45, 2.75) is 142 Å². The minimum Gasteiger partial charge on any atom is -0.276 e. The van der Waals surface area contributed by atoms with E-state index in [9.17, 15) is 115 Å². The zero-order valence-electron chi connectivity index (χ0n) is 72.4. The Morgan fingerprint density at radius 1 is 0.212 bits per heavy atom. The molecule has 0 saturated heterocycles. The van der Waals surface area contributed by atoms with E-state index >= 15 is 0 Å². The molecule has 36 nitrogen and oxygen atoms in total. The number of amides is 24. The zero-order valence-corrected chi connectivity index (χ0v) is 72.4. The van der Waals surface area contributed by atoms with Gasteiger partial charge in [0.15, 0.2) is 0 Å². The van der Waals surface area contributed by atoms with Crippen LogP contribution in [-0.2, 0) is 115 Å². The summed E-state index contributed by atoms with van der Waals surface area (Å²) in [5, 5.41) is 0. The predicted octanol–water partition coefficient (Wildman–Crippen LogP) is 5.22. The van der Waals surface area contributed by atoms with E-state index in [0.717, 1.165) is 71.0 Å². The number of hydrogen-bond donors (Lipinski definition) is 0. The van der Waals surface area contributed by atoms with E-state index in [1.165, 1.54) is 239 Å². The standard InChI is InChI=1S/2C16H18N2O4.C14H14N2O4.2C14H8N2O4.C10H16.2C6H7NO2/c19-13-5-6-14(20)17(13)9-11-1-2-12(4-3-11)10-18-15(21)7-8-16(18)22;19-13-4-5-14(20)17(13)9-11-2-1-3-12(8-11)10-18-15(21)6-7-16(18)22;2*17-11-5-6-12(18)15(11)9-1-2-10(4-3-9)16-13(19)7-8-14(16)20;17-11-4-5-12(18)15(11)9-2-1-3-10(8-9)16-13(19)6-7-14(16)20;1-2-9-7-4-5-8(6-7)10(9)3-1;2*1-2-7-5(8)3-4-6(7)9/h5-8,11-12H,1-4,9-10H2;4-7,11-12H,1-3,8-10H2;5-10H,1-4H2;2*1-8H;7-10H,1-6H2;2*3-4H,2H2,1H3. The van der Waals surface area contributed by atoms with Crippen molar-refractivity contribution in [1.82, 2.24) is 39.2 Å². The van der Waals surface area contributed by atoms with Crippen LogP contribution in [0.4, 0.5) is 22.7 Å². The number of carbonyl (C=O) groups is 24. The Morgan fingerprint density at radius 2 is 0.432 bits per heavy atom. The summed E-state index contributed by atoms with van der Waals surface area (Å²) in [7, 11) is 0. The molecule has 18 aliphatic rings. The molecule has 20 rings (SSSR count). The second kappa shape index (κ2) is 42.1. The summed E-state index contributed by atoms with van der Waals surface area (Å²) in [6.45, 7) is 6.27. The van der Waals surface area contributed by atoms with Crippen LogP contribution >= 0.6 is 0 Å². The van der Waals surface area contributed by atoms with Crippen LogP contribution in [0.2, 0.25) is 0 Å². The van der Waals surface area contributed by atoms with Gasteiger partial charge >= 0.3 is 0 Å². The van der Waals surface area contributed by atoms with Crippen LogP contribution < -0.4 is 19.6 Å². The maximum atomic E-state index is 11.6. The summed E-state index contributed by atoms with van der Waals surface area (Å²) < 4.78 is 0. The lowest BCUT2D eigenvalue weighted by atomic mass is 9.81. The fourth-order valence-corrected chi connectivity index (χ4v) is 19.6. The third-order valence-corrected chi connectivity index (χ3v) is 26.0. The number of fused-ring (bicyclic) bond motifs is 5. The highest BCUT2D eigenvalue weighted by Crippen LogP contribution is 2.58. The topological polar surface area (TPSA) is 449 Å². The van der Waals surface area contributed by atoms with Gasteiger partial charge in [0.2, 0.25) is 0 Å². The van der Waals surface area contributed by atoms with Crippen molar-refractivity contribution in [3.63, 3.8) is 0 Å². The second-order valence-electron chi connectivity index (χ2n) is 34.0. The third kappa shape index (κ3) is 21.8. The van der Waals surface area contributed by atoms with Gasteiger partial charge in [-0.25, -0.2) is 19.6 Å². The highest BCUT2D eigenvalue weighted by Gasteiger charge is 2.49. The van der Waals surface area contributed by atoms with Crippen LogP contribution in [0.3, 0.4) is 0 Å². The Bertz CT molecular complexity index is 5060. The second-order valence-corrected chi connectivity index (χ2v) is 34.0. The molecule has 6 atom stereocenters. The third-order valence-electron chi connectivity index (χ3n) is 26.0. The Labute approximate surface area is 757 Å². The molecular formula is C96H96N12O24. The van der Waals surface area contributed by atoms with Crippen molar-refractivity contribution >= 4 is 165 Å². The minimum absolute atomic E-state index is 0.123. The predicted molar refractivity (Wildman–Crippen MR) is 467 cm³/mol. The highest BCUT2D eigenvalue weighted by atomic mass is 16.2. The van der Waals surface area contributed by atoms with Crippen molar-refractivity contribution in [1.29, 1.82) is 0 Å². The average Bonchev–Trinajstić information content (AvgIpc) is 1.62. The van der Waals surface area contributed by atoms with Gasteiger partial charge in [0.1, 0.15) is 0 Å². The quantitative estimate of drug-likeness (QED) is 0.194. The van der Waals surface area contributed by atoms with Gasteiger partial charge in [0.25, 0.3) is 142 Å². The van der Waals surface area contributed by atoms with Crippen molar-refractivity contribution < 1.29 is 115 Å². The van der Waals surface area contributed by atoms with Gasteiger partial charge < -0.3 is 0 Å². The average molecular weight is 1800 g/mol. The molecule has 6 aliphatic carbocycles. The molecule has 12 heterocycles. The summed E-state index contributed by atoms with van der Waals surface area (Å²) in [5.74, 6) is -1.40. The number of rotatable bonds is 16. The van der Waals surface area contributed by atoms with Gasteiger partial charge in [0.05, 0.1) is 22.7 Å². The SMILES string of the molecule is C1CC2C3CCC(C3)C2C1.CCN1C(=O)C=CC1=O.CCN1C(=O)C=CC1=O.O=C1C=CC(=O)N1C1CCC(N2C(=O)C=CC2=O)CC1.O=C1C=CC(=O)N1CC1CCC(CN2C(=O)C=CC2=O)CC1.O=C1C=CC(=O)N1CC1CCCC(CN2C(=O)C=CC2=O)C1.O=C1C=CC(=O)N1c1ccc(N2C(=O)C=CC2=O)cc1.O=C1C=CC(=O)N1c1cccc(N2C(=O)C=CC2=O)c1. The van der Waals surface area contributed by atoms with Gasteiger partial charge in [-0.15, -0.1) is 0 Å². The molecule has 0 aromatic heterocycles. The first kappa shape index (κ1) is 94.6. The first-order chi connectivity index (χ1) is 63.3. The number of anilines is 4. The summed E-state index contributed by atoms with van der Waals surface area (Å²) in [6, 6.07) is 11.9. The molecule has 2 aromatic carbocycles. The fraction of sp³-hybridized carbons (Fsp3) is 0.375. The van der Waals surface area contributed by atoms with Gasteiger partial charge in [-0.05, 0) is 206 Å². The fourth-order valence-electron chi connectivity index (χ4n) is 19.6. The van der Waals surface area contributed by atoms with E-state index < -0.39 is 47.3 Å². The molecule has 24 amide bonds. The van der Waals surface area contributed by atoms with Gasteiger partial charge in [-0.1, -0.05) is 18.9 Å². The van der Waals surface area contributed by atoms with E-state index in [-0.39, 0.29) is 118 Å². The minimum atomic E-state index is -0.454. The molecule has 132 heavy (non-hydrogen) atoms. The lowest BCUT2D eigenvalue weighted by Crippen LogP contribution is -2.47. The molecule has 6 fully saturated rings. The molecule has 6 unspecified atom stereocenters. The largest absolute Gasteiger partial charge is 0.276 e. The lowest BCUT2D eigenvalue weighted by molar-refractivity contribution is -0.144. The summed E-state index contributed by atoms with van der Waals surface area (Å²) in [5.41, 5.74) is 1.41.